The molecule has 0 aliphatic carbocycles. The molecule has 0 aromatic heterocycles. The van der Waals surface area contributed by atoms with Gasteiger partial charge in [0.05, 0.1) is 0 Å². The zero-order valence-corrected chi connectivity index (χ0v) is 13.9. The summed E-state index contributed by atoms with van der Waals surface area (Å²) in [6, 6.07) is 1.19. The van der Waals surface area contributed by atoms with Crippen LogP contribution in [0.25, 0.3) is 0 Å². The molecule has 0 radical (unpaired) electrons. The van der Waals surface area contributed by atoms with Crippen molar-refractivity contribution in [2.24, 2.45) is 0 Å². The molecule has 2 atom stereocenters. The van der Waals surface area contributed by atoms with Crippen LogP contribution in [0.15, 0.2) is 0 Å². The van der Waals surface area contributed by atoms with Crippen molar-refractivity contribution in [2.75, 3.05) is 26.2 Å². The second-order valence-electron chi connectivity index (χ2n) is 4.36. The van der Waals surface area contributed by atoms with Gasteiger partial charge in [-0.2, -0.15) is 0 Å². The van der Waals surface area contributed by atoms with Gasteiger partial charge in [0.2, 0.25) is 0 Å². The third kappa shape index (κ3) is 52.1. The van der Waals surface area contributed by atoms with E-state index < -0.39 is 14.5 Å². The first kappa shape index (κ1) is 27.8. The third-order valence-electron chi connectivity index (χ3n) is 2.02. The summed E-state index contributed by atoms with van der Waals surface area (Å²) < 4.78 is 78.0. The molecular formula is C9H22B2CuF8N3. The molecule has 1 saturated heterocycles. The fourth-order valence-electron chi connectivity index (χ4n) is 1.25. The zero-order valence-electron chi connectivity index (χ0n) is 13.0. The Bertz CT molecular complexity index is 222. The van der Waals surface area contributed by atoms with Gasteiger partial charge in [0, 0.05) is 38.3 Å². The Morgan fingerprint density at radius 1 is 0.696 bits per heavy atom. The molecule has 0 spiro atoms. The van der Waals surface area contributed by atoms with E-state index in [-0.39, 0.29) is 0 Å². The van der Waals surface area contributed by atoms with E-state index in [2.05, 4.69) is 45.8 Å². The number of nitrogens with one attached hydrogen (secondary N) is 3. The molecule has 146 valence electrons. The van der Waals surface area contributed by atoms with E-state index >= 15 is 0 Å². The second-order valence-corrected chi connectivity index (χ2v) is 4.36. The first-order chi connectivity index (χ1) is 10.3. The van der Waals surface area contributed by atoms with Crippen LogP contribution in [0, 0.1) is 0 Å². The molecule has 1 heterocycles. The van der Waals surface area contributed by atoms with Gasteiger partial charge in [-0.25, -0.2) is 0 Å². The molecule has 1 aliphatic heterocycles. The van der Waals surface area contributed by atoms with Crippen LogP contribution in [-0.4, -0.2) is 52.8 Å². The van der Waals surface area contributed by atoms with E-state index in [0.29, 0.717) is 12.1 Å². The first-order valence-corrected chi connectivity index (χ1v) is 7.45. The van der Waals surface area contributed by atoms with E-state index in [1.165, 1.54) is 0 Å². The van der Waals surface area contributed by atoms with E-state index in [1.54, 1.807) is 5.82 Å². The second kappa shape index (κ2) is 15.5. The molecule has 0 aromatic carbocycles. The predicted molar refractivity (Wildman–Crippen MR) is 74.0 cm³/mol. The molecule has 23 heavy (non-hydrogen) atoms. The van der Waals surface area contributed by atoms with Crippen molar-refractivity contribution in [1.82, 2.24) is 16.0 Å². The topological polar surface area (TPSA) is 36.1 Å². The number of hydrogen-bond acceptors (Lipinski definition) is 3. The van der Waals surface area contributed by atoms with Crippen LogP contribution < -0.4 is 16.0 Å². The molecular weight excluding hydrogens is 387 g/mol. The van der Waals surface area contributed by atoms with E-state index in [4.69, 9.17) is 0 Å². The van der Waals surface area contributed by atoms with Crippen LogP contribution in [0.1, 0.15) is 13.8 Å². The maximum atomic E-state index is 9.75. The molecule has 1 rings (SSSR count). The molecule has 14 heteroatoms. The molecule has 2 unspecified atom stereocenters. The molecule has 0 bridgehead atoms. The Morgan fingerprint density at radius 3 is 1.43 bits per heavy atom. The van der Waals surface area contributed by atoms with Crippen molar-refractivity contribution < 1.29 is 50.5 Å². The third-order valence-corrected chi connectivity index (χ3v) is 2.02. The van der Waals surface area contributed by atoms with Crippen molar-refractivity contribution in [3.63, 3.8) is 0 Å². The van der Waals surface area contributed by atoms with E-state index in [9.17, 15) is 34.5 Å². The van der Waals surface area contributed by atoms with Crippen LogP contribution in [-0.2, 0) is 16.0 Å². The summed E-state index contributed by atoms with van der Waals surface area (Å²) in [4.78, 5) is 0. The van der Waals surface area contributed by atoms with Crippen molar-refractivity contribution in [3.05, 3.63) is 0 Å². The van der Waals surface area contributed by atoms with Crippen LogP contribution in [0.4, 0.5) is 34.5 Å². The van der Waals surface area contributed by atoms with Gasteiger partial charge in [-0.1, -0.05) is 0 Å². The van der Waals surface area contributed by atoms with Crippen LogP contribution >= 0.6 is 0 Å². The standard InChI is InChI=1S/C8H19N3.CH3.2BF4.Cu/c1-7-5-9-3-4-10-8(2)6-11-7;;2*2-1(3,4)5;/h7-11H,3-6H2,1-2H3;1H3;;;/q;;2*-1;+2. The quantitative estimate of drug-likeness (QED) is 0.425. The fraction of sp³-hybridized carbons (Fsp3) is 1.00. The SMILES string of the molecule is CC1CNCCNC(C)CN1.F[B-](F)(F)F.F[B-](F)(F)F.[CH3][Cu+2]. The Labute approximate surface area is 139 Å². The van der Waals surface area contributed by atoms with Crippen LogP contribution in [0.3, 0.4) is 0 Å². The summed E-state index contributed by atoms with van der Waals surface area (Å²) in [5.74, 6) is 1.56. The summed E-state index contributed by atoms with van der Waals surface area (Å²) in [6.07, 6.45) is 0. The van der Waals surface area contributed by atoms with Crippen LogP contribution in [0.5, 0.6) is 0 Å². The summed E-state index contributed by atoms with van der Waals surface area (Å²) in [5.41, 5.74) is 0. The van der Waals surface area contributed by atoms with Crippen LogP contribution in [0.2, 0.25) is 5.82 Å². The fourth-order valence-corrected chi connectivity index (χ4v) is 1.25. The van der Waals surface area contributed by atoms with Gasteiger partial charge in [0.1, 0.15) is 0 Å². The van der Waals surface area contributed by atoms with Crippen molar-refractivity contribution >= 4 is 14.5 Å². The summed E-state index contributed by atoms with van der Waals surface area (Å²) >= 11 is 4.19. The van der Waals surface area contributed by atoms with Gasteiger partial charge < -0.3 is 50.5 Å². The molecule has 0 saturated carbocycles. The monoisotopic (exact) mass is 409 g/mol. The normalized spacial score (nSPS) is 22.5. The number of hydrogen-bond donors (Lipinski definition) is 3. The maximum absolute atomic E-state index is 9.75. The Hall–Kier alpha value is -0.0306. The number of halogens is 8. The molecule has 1 fully saturated rings. The molecule has 1 aliphatic rings. The van der Waals surface area contributed by atoms with Gasteiger partial charge in [-0.15, -0.1) is 0 Å². The zero-order chi connectivity index (χ0) is 19.1. The Balaban J connectivity index is -0.000000282. The summed E-state index contributed by atoms with van der Waals surface area (Å²) in [7, 11) is -12.0. The van der Waals surface area contributed by atoms with Crippen molar-refractivity contribution in [2.45, 2.75) is 31.8 Å². The minimum absolute atomic E-state index is 0.595. The Morgan fingerprint density at radius 2 is 1.04 bits per heavy atom. The number of rotatable bonds is 0. The summed E-state index contributed by atoms with van der Waals surface area (Å²) in [6.45, 7) is 8.74. The van der Waals surface area contributed by atoms with Crippen molar-refractivity contribution in [1.29, 1.82) is 0 Å². The van der Waals surface area contributed by atoms with E-state index in [0.717, 1.165) is 26.2 Å². The van der Waals surface area contributed by atoms with Gasteiger partial charge in [-0.05, 0) is 13.8 Å². The Kier molecular flexibility index (Phi) is 18.7. The molecule has 0 aromatic rings. The molecule has 3 nitrogen and oxygen atoms in total. The van der Waals surface area contributed by atoms with Gasteiger partial charge in [0.15, 0.2) is 0 Å². The molecule has 3 N–H and O–H groups in total. The van der Waals surface area contributed by atoms with Crippen molar-refractivity contribution in [3.8, 4) is 0 Å². The molecule has 0 amide bonds. The average molecular weight is 409 g/mol. The van der Waals surface area contributed by atoms with Gasteiger partial charge in [0.25, 0.3) is 0 Å². The van der Waals surface area contributed by atoms with Gasteiger partial charge in [-0.3, -0.25) is 0 Å². The summed E-state index contributed by atoms with van der Waals surface area (Å²) in [5, 5.41) is 10.2. The van der Waals surface area contributed by atoms with E-state index in [1.807, 2.05) is 0 Å². The predicted octanol–water partition coefficient (Wildman–Crippen LogP) is 2.73. The van der Waals surface area contributed by atoms with Gasteiger partial charge >= 0.3 is 36.3 Å². The average Bonchev–Trinajstić information content (AvgIpc) is 2.42. The first-order valence-electron chi connectivity index (χ1n) is 6.51. The minimum atomic E-state index is -6.00.